The van der Waals surface area contributed by atoms with E-state index in [9.17, 15) is 0 Å². The molecule has 2 atom stereocenters. The van der Waals surface area contributed by atoms with Gasteiger partial charge in [0.15, 0.2) is 0 Å². The van der Waals surface area contributed by atoms with Gasteiger partial charge in [0.1, 0.15) is 0 Å². The summed E-state index contributed by atoms with van der Waals surface area (Å²) in [6.07, 6.45) is 9.78. The predicted molar refractivity (Wildman–Crippen MR) is 90.5 cm³/mol. The van der Waals surface area contributed by atoms with Gasteiger partial charge in [0.05, 0.1) is 6.10 Å². The van der Waals surface area contributed by atoms with E-state index in [1.807, 2.05) is 13.2 Å². The van der Waals surface area contributed by atoms with Gasteiger partial charge in [-0.05, 0) is 60.8 Å². The first kappa shape index (κ1) is 16.9. The monoisotopic (exact) mass is 354 g/mol. The summed E-state index contributed by atoms with van der Waals surface area (Å²) in [5.74, 6) is 0.687. The van der Waals surface area contributed by atoms with E-state index in [1.165, 1.54) is 32.1 Å². The molecule has 1 aromatic rings. The van der Waals surface area contributed by atoms with E-state index in [-0.39, 0.29) is 0 Å². The Hall–Kier alpha value is -0.450. The molecule has 0 saturated heterocycles. The van der Waals surface area contributed by atoms with Gasteiger partial charge in [-0.25, -0.2) is 0 Å². The Morgan fingerprint density at radius 1 is 1.33 bits per heavy atom. The lowest BCUT2D eigenvalue weighted by Crippen LogP contribution is -2.46. The summed E-state index contributed by atoms with van der Waals surface area (Å²) in [5.41, 5.74) is 1.12. The van der Waals surface area contributed by atoms with E-state index in [0.717, 1.165) is 23.2 Å². The number of ether oxygens (including phenoxy) is 1. The lowest BCUT2D eigenvalue weighted by Gasteiger charge is -2.35. The highest BCUT2D eigenvalue weighted by Crippen LogP contribution is 2.30. The first-order valence-corrected chi connectivity index (χ1v) is 8.93. The Morgan fingerprint density at radius 3 is 2.67 bits per heavy atom. The van der Waals surface area contributed by atoms with Crippen molar-refractivity contribution in [3.05, 3.63) is 28.5 Å². The van der Waals surface area contributed by atoms with Crippen LogP contribution in [0, 0.1) is 5.92 Å². The van der Waals surface area contributed by atoms with Gasteiger partial charge in [0, 0.05) is 35.4 Å². The van der Waals surface area contributed by atoms with Crippen LogP contribution in [0.5, 0.6) is 0 Å². The standard InChI is InChI=1S/C17H27BrN2O/c1-3-21-17(13-7-5-4-6-8-13)16(19-2)11-15-10-9-14(18)12-20-15/h9-10,12-13,16-17,19H,3-8,11H2,1-2H3. The summed E-state index contributed by atoms with van der Waals surface area (Å²) < 4.78 is 7.16. The van der Waals surface area contributed by atoms with Gasteiger partial charge in [-0.1, -0.05) is 19.3 Å². The number of hydrogen-bond donors (Lipinski definition) is 1. The maximum absolute atomic E-state index is 6.13. The number of halogens is 1. The summed E-state index contributed by atoms with van der Waals surface area (Å²) in [6.45, 7) is 2.88. The van der Waals surface area contributed by atoms with Crippen LogP contribution < -0.4 is 5.32 Å². The molecule has 0 spiro atoms. The van der Waals surface area contributed by atoms with Gasteiger partial charge in [0.25, 0.3) is 0 Å². The number of likely N-dealkylation sites (N-methyl/N-ethyl adjacent to an activating group) is 1. The molecule has 2 unspecified atom stereocenters. The number of rotatable bonds is 7. The van der Waals surface area contributed by atoms with Gasteiger partial charge in [-0.15, -0.1) is 0 Å². The molecule has 0 amide bonds. The number of hydrogen-bond acceptors (Lipinski definition) is 3. The van der Waals surface area contributed by atoms with Crippen LogP contribution in [0.15, 0.2) is 22.8 Å². The van der Waals surface area contributed by atoms with Crippen LogP contribution in [-0.2, 0) is 11.2 Å². The van der Waals surface area contributed by atoms with E-state index in [1.54, 1.807) is 0 Å². The first-order valence-electron chi connectivity index (χ1n) is 8.14. The molecule has 1 aromatic heterocycles. The minimum atomic E-state index is 0.297. The first-order chi connectivity index (χ1) is 10.2. The molecule has 1 saturated carbocycles. The average molecular weight is 355 g/mol. The molecule has 118 valence electrons. The maximum atomic E-state index is 6.13. The Bertz CT molecular complexity index is 404. The van der Waals surface area contributed by atoms with E-state index in [4.69, 9.17) is 4.74 Å². The molecule has 1 heterocycles. The van der Waals surface area contributed by atoms with Crippen molar-refractivity contribution >= 4 is 15.9 Å². The predicted octanol–water partition coefficient (Wildman–Crippen LogP) is 3.96. The number of pyridine rings is 1. The lowest BCUT2D eigenvalue weighted by atomic mass is 9.81. The van der Waals surface area contributed by atoms with Crippen LogP contribution in [0.2, 0.25) is 0 Å². The summed E-state index contributed by atoms with van der Waals surface area (Å²) in [6, 6.07) is 4.49. The zero-order valence-electron chi connectivity index (χ0n) is 13.1. The molecule has 0 aromatic carbocycles. The Morgan fingerprint density at radius 2 is 2.10 bits per heavy atom. The third-order valence-electron chi connectivity index (χ3n) is 4.46. The van der Waals surface area contributed by atoms with Gasteiger partial charge < -0.3 is 10.1 Å². The fraction of sp³-hybridized carbons (Fsp3) is 0.706. The topological polar surface area (TPSA) is 34.1 Å². The van der Waals surface area contributed by atoms with Crippen LogP contribution in [-0.4, -0.2) is 30.8 Å². The smallest absolute Gasteiger partial charge is 0.0759 e. The van der Waals surface area contributed by atoms with Gasteiger partial charge in [0.2, 0.25) is 0 Å². The zero-order chi connectivity index (χ0) is 15.1. The fourth-order valence-electron chi connectivity index (χ4n) is 3.37. The van der Waals surface area contributed by atoms with Crippen LogP contribution in [0.25, 0.3) is 0 Å². The van der Waals surface area contributed by atoms with E-state index >= 15 is 0 Å². The van der Waals surface area contributed by atoms with Crippen molar-refractivity contribution in [1.82, 2.24) is 10.3 Å². The van der Waals surface area contributed by atoms with Crippen molar-refractivity contribution in [3.8, 4) is 0 Å². The number of nitrogens with one attached hydrogen (secondary N) is 1. The van der Waals surface area contributed by atoms with Crippen molar-refractivity contribution in [1.29, 1.82) is 0 Å². The quantitative estimate of drug-likeness (QED) is 0.804. The second kappa shape index (κ2) is 8.86. The van der Waals surface area contributed by atoms with E-state index < -0.39 is 0 Å². The highest BCUT2D eigenvalue weighted by Gasteiger charge is 2.30. The van der Waals surface area contributed by atoms with Crippen molar-refractivity contribution in [2.75, 3.05) is 13.7 Å². The minimum Gasteiger partial charge on any atom is -0.377 e. The lowest BCUT2D eigenvalue weighted by molar-refractivity contribution is -0.0160. The van der Waals surface area contributed by atoms with Gasteiger partial charge in [-0.2, -0.15) is 0 Å². The van der Waals surface area contributed by atoms with Crippen molar-refractivity contribution < 1.29 is 4.74 Å². The third kappa shape index (κ3) is 5.04. The summed E-state index contributed by atoms with van der Waals surface area (Å²) in [4.78, 5) is 4.51. The van der Waals surface area contributed by atoms with Crippen LogP contribution in [0.4, 0.5) is 0 Å². The minimum absolute atomic E-state index is 0.297. The fourth-order valence-corrected chi connectivity index (χ4v) is 3.61. The third-order valence-corrected chi connectivity index (χ3v) is 4.93. The Labute approximate surface area is 137 Å². The Kier molecular flexibility index (Phi) is 7.14. The van der Waals surface area contributed by atoms with Gasteiger partial charge in [-0.3, -0.25) is 4.98 Å². The maximum Gasteiger partial charge on any atom is 0.0759 e. The molecule has 0 bridgehead atoms. The summed E-state index contributed by atoms with van der Waals surface area (Å²) in [5, 5.41) is 3.47. The normalized spacial score (nSPS) is 19.4. The average Bonchev–Trinajstić information content (AvgIpc) is 2.53. The molecular formula is C17H27BrN2O. The zero-order valence-corrected chi connectivity index (χ0v) is 14.7. The highest BCUT2D eigenvalue weighted by atomic mass is 79.9. The molecular weight excluding hydrogens is 328 g/mol. The molecule has 1 N–H and O–H groups in total. The molecule has 1 aliphatic carbocycles. The molecule has 0 aliphatic heterocycles. The molecule has 4 heteroatoms. The van der Waals surface area contributed by atoms with E-state index in [0.29, 0.717) is 18.1 Å². The number of nitrogens with zero attached hydrogens (tertiary/aromatic N) is 1. The molecule has 21 heavy (non-hydrogen) atoms. The van der Waals surface area contributed by atoms with Crippen LogP contribution >= 0.6 is 15.9 Å². The second-order valence-electron chi connectivity index (χ2n) is 5.89. The Balaban J connectivity index is 2.05. The molecule has 1 fully saturated rings. The van der Waals surface area contributed by atoms with Crippen molar-refractivity contribution in [2.45, 2.75) is 57.6 Å². The SMILES string of the molecule is CCOC(C1CCCCC1)C(Cc1ccc(Br)cn1)NC. The largest absolute Gasteiger partial charge is 0.377 e. The number of aromatic nitrogens is 1. The van der Waals surface area contributed by atoms with E-state index in [2.05, 4.69) is 45.3 Å². The molecule has 1 aliphatic rings. The summed E-state index contributed by atoms with van der Waals surface area (Å²) in [7, 11) is 2.04. The summed E-state index contributed by atoms with van der Waals surface area (Å²) >= 11 is 3.44. The molecule has 0 radical (unpaired) electrons. The van der Waals surface area contributed by atoms with Gasteiger partial charge >= 0.3 is 0 Å². The van der Waals surface area contributed by atoms with Crippen molar-refractivity contribution in [3.63, 3.8) is 0 Å². The molecule has 3 nitrogen and oxygen atoms in total. The van der Waals surface area contributed by atoms with Crippen LogP contribution in [0.3, 0.4) is 0 Å². The van der Waals surface area contributed by atoms with Crippen LogP contribution in [0.1, 0.15) is 44.7 Å². The highest BCUT2D eigenvalue weighted by molar-refractivity contribution is 9.10. The van der Waals surface area contributed by atoms with Crippen molar-refractivity contribution in [2.24, 2.45) is 5.92 Å². The molecule has 2 rings (SSSR count). The second-order valence-corrected chi connectivity index (χ2v) is 6.80.